The minimum Gasteiger partial charge on any atom is -0.481 e. The van der Waals surface area contributed by atoms with Crippen molar-refractivity contribution in [1.82, 2.24) is 29.9 Å². The number of hydrogen-bond acceptors (Lipinski definition) is 14. The number of carbonyl (C=O) groups is 2. The van der Waals surface area contributed by atoms with Crippen molar-refractivity contribution in [3.63, 3.8) is 0 Å². The molecule has 194 valence electrons. The number of nitrogens with one attached hydrogen (secondary N) is 3. The van der Waals surface area contributed by atoms with Crippen LogP contribution in [-0.2, 0) is 9.59 Å². The first-order valence-corrected chi connectivity index (χ1v) is 12.9. The van der Waals surface area contributed by atoms with Gasteiger partial charge in [-0.15, -0.1) is 0 Å². The van der Waals surface area contributed by atoms with Crippen molar-refractivity contribution in [3.05, 3.63) is 5.82 Å². The fourth-order valence-corrected chi connectivity index (χ4v) is 3.74. The smallest absolute Gasteiger partial charge is 0.304 e. The molecule has 0 radical (unpaired) electrons. The molecule has 2 heterocycles. The Labute approximate surface area is 212 Å². The normalized spacial score (nSPS) is 10.2. The second kappa shape index (κ2) is 17.5. The molecule has 16 heteroatoms. The SMILES string of the molecule is CC.Cc1nc(NCCNc2nc(NCCN)nc(SCCC(=O)O)n2)nc(SCCC(=O)O)n1. The van der Waals surface area contributed by atoms with Gasteiger partial charge in [0, 0.05) is 37.7 Å². The summed E-state index contributed by atoms with van der Waals surface area (Å²) in [6.45, 7) is 7.50. The number of carboxylic acids is 2. The van der Waals surface area contributed by atoms with Crippen LogP contribution in [0.1, 0.15) is 32.5 Å². The Balaban J connectivity index is 0.00000298. The van der Waals surface area contributed by atoms with Crippen molar-refractivity contribution in [2.75, 3.05) is 53.6 Å². The minimum absolute atomic E-state index is 0.00345. The molecule has 14 nitrogen and oxygen atoms in total. The van der Waals surface area contributed by atoms with Crippen LogP contribution in [0.2, 0.25) is 0 Å². The van der Waals surface area contributed by atoms with Crippen LogP contribution in [0.3, 0.4) is 0 Å². The third-order valence-corrected chi connectivity index (χ3v) is 5.25. The Morgan fingerprint density at radius 2 is 1.17 bits per heavy atom. The molecule has 0 aliphatic rings. The molecule has 0 saturated heterocycles. The van der Waals surface area contributed by atoms with Gasteiger partial charge in [0.1, 0.15) is 5.82 Å². The van der Waals surface area contributed by atoms with Gasteiger partial charge in [0.2, 0.25) is 17.8 Å². The van der Waals surface area contributed by atoms with Crippen molar-refractivity contribution < 1.29 is 19.8 Å². The Morgan fingerprint density at radius 1 is 0.743 bits per heavy atom. The number of aliphatic carboxylic acids is 2. The zero-order valence-electron chi connectivity index (χ0n) is 19.9. The number of anilines is 3. The summed E-state index contributed by atoms with van der Waals surface area (Å²) < 4.78 is 0. The lowest BCUT2D eigenvalue weighted by molar-refractivity contribution is -0.137. The van der Waals surface area contributed by atoms with Gasteiger partial charge in [-0.05, 0) is 6.92 Å². The molecule has 0 aliphatic carbocycles. The number of carboxylic acid groups (broad SMARTS) is 2. The molecule has 2 aromatic heterocycles. The number of aromatic nitrogens is 6. The van der Waals surface area contributed by atoms with Crippen molar-refractivity contribution in [2.45, 2.75) is 43.9 Å². The molecule has 0 amide bonds. The van der Waals surface area contributed by atoms with Gasteiger partial charge in [-0.2, -0.15) is 24.9 Å². The summed E-state index contributed by atoms with van der Waals surface area (Å²) >= 11 is 2.47. The summed E-state index contributed by atoms with van der Waals surface area (Å²) in [4.78, 5) is 46.9. The van der Waals surface area contributed by atoms with E-state index in [9.17, 15) is 9.59 Å². The molecule has 0 aliphatic heterocycles. The number of rotatable bonds is 16. The van der Waals surface area contributed by atoms with Crippen LogP contribution in [-0.4, -0.2) is 89.7 Å². The van der Waals surface area contributed by atoms with Gasteiger partial charge in [-0.3, -0.25) is 9.59 Å². The maximum Gasteiger partial charge on any atom is 0.304 e. The van der Waals surface area contributed by atoms with Crippen LogP contribution < -0.4 is 21.7 Å². The van der Waals surface area contributed by atoms with E-state index in [2.05, 4.69) is 45.9 Å². The van der Waals surface area contributed by atoms with Crippen LogP contribution in [0.5, 0.6) is 0 Å². The summed E-state index contributed by atoms with van der Waals surface area (Å²) in [5.41, 5.74) is 5.51. The molecule has 0 atom stereocenters. The first-order chi connectivity index (χ1) is 16.9. The predicted molar refractivity (Wildman–Crippen MR) is 136 cm³/mol. The molecular weight excluding hydrogens is 496 g/mol. The van der Waals surface area contributed by atoms with E-state index in [0.717, 1.165) is 0 Å². The number of nitrogens with two attached hydrogens (primary N) is 1. The van der Waals surface area contributed by atoms with Gasteiger partial charge in [0.25, 0.3) is 0 Å². The van der Waals surface area contributed by atoms with E-state index in [0.29, 0.717) is 71.7 Å². The molecule has 2 aromatic rings. The van der Waals surface area contributed by atoms with Crippen LogP contribution in [0.15, 0.2) is 10.3 Å². The number of thioether (sulfide) groups is 2. The van der Waals surface area contributed by atoms with E-state index in [1.807, 2.05) is 13.8 Å². The Kier molecular flexibility index (Phi) is 15.0. The second-order valence-electron chi connectivity index (χ2n) is 6.31. The second-order valence-corrected chi connectivity index (χ2v) is 8.43. The standard InChI is InChI=1S/C17H26N10O4S2.C2H6/c1-10-22-13(25-16(23-10)32-8-2-11(28)29)20-6-7-21-15-24-14(19-5-4-18)26-17(27-15)33-9-3-12(30)31;1-2/h2-9,18H2,1H3,(H,28,29)(H,30,31)(H,20,22,23,25)(H2,19,21,24,26,27);1-2H3. The van der Waals surface area contributed by atoms with E-state index in [1.165, 1.54) is 23.5 Å². The van der Waals surface area contributed by atoms with Crippen molar-refractivity contribution in [1.29, 1.82) is 0 Å². The van der Waals surface area contributed by atoms with Gasteiger partial charge in [-0.1, -0.05) is 37.4 Å². The number of nitrogens with zero attached hydrogens (tertiary/aromatic N) is 6. The summed E-state index contributed by atoms with van der Waals surface area (Å²) in [5, 5.41) is 27.5. The van der Waals surface area contributed by atoms with Crippen LogP contribution in [0, 0.1) is 6.92 Å². The fourth-order valence-electron chi connectivity index (χ4n) is 2.17. The number of aryl methyl sites for hydroxylation is 1. The van der Waals surface area contributed by atoms with Crippen molar-refractivity contribution >= 4 is 53.3 Å². The average Bonchev–Trinajstić information content (AvgIpc) is 2.81. The van der Waals surface area contributed by atoms with Crippen LogP contribution >= 0.6 is 23.5 Å². The van der Waals surface area contributed by atoms with Crippen molar-refractivity contribution in [2.24, 2.45) is 5.73 Å². The van der Waals surface area contributed by atoms with Gasteiger partial charge in [0.15, 0.2) is 10.3 Å². The maximum atomic E-state index is 10.7. The van der Waals surface area contributed by atoms with Gasteiger partial charge in [0.05, 0.1) is 12.8 Å². The summed E-state index contributed by atoms with van der Waals surface area (Å²) in [6, 6.07) is 0. The third-order valence-electron chi connectivity index (χ3n) is 3.55. The topological polar surface area (TPSA) is 214 Å². The van der Waals surface area contributed by atoms with E-state index in [1.54, 1.807) is 6.92 Å². The first-order valence-electron chi connectivity index (χ1n) is 11.0. The highest BCUT2D eigenvalue weighted by molar-refractivity contribution is 7.99. The van der Waals surface area contributed by atoms with E-state index >= 15 is 0 Å². The van der Waals surface area contributed by atoms with Gasteiger partial charge >= 0.3 is 11.9 Å². The fraction of sp³-hybridized carbons (Fsp3) is 0.579. The molecule has 0 fully saturated rings. The first kappa shape index (κ1) is 30.1. The van der Waals surface area contributed by atoms with Crippen molar-refractivity contribution in [3.8, 4) is 0 Å². The van der Waals surface area contributed by atoms with Gasteiger partial charge in [-0.25, -0.2) is 4.98 Å². The Bertz CT molecular complexity index is 939. The third kappa shape index (κ3) is 13.5. The van der Waals surface area contributed by atoms with E-state index in [-0.39, 0.29) is 12.8 Å². The zero-order valence-corrected chi connectivity index (χ0v) is 21.6. The van der Waals surface area contributed by atoms with Crippen LogP contribution in [0.25, 0.3) is 0 Å². The molecule has 2 rings (SSSR count). The number of hydrogen-bond donors (Lipinski definition) is 6. The molecule has 7 N–H and O–H groups in total. The highest BCUT2D eigenvalue weighted by atomic mass is 32.2. The highest BCUT2D eigenvalue weighted by Gasteiger charge is 2.09. The summed E-state index contributed by atoms with van der Waals surface area (Å²) in [6.07, 6.45) is 0.0171. The van der Waals surface area contributed by atoms with Crippen LogP contribution in [0.4, 0.5) is 17.8 Å². The molecule has 35 heavy (non-hydrogen) atoms. The Hall–Kier alpha value is -2.98. The van der Waals surface area contributed by atoms with Gasteiger partial charge < -0.3 is 31.9 Å². The average molecular weight is 529 g/mol. The molecule has 0 bridgehead atoms. The molecule has 0 spiro atoms. The quantitative estimate of drug-likeness (QED) is 0.134. The largest absolute Gasteiger partial charge is 0.481 e. The zero-order chi connectivity index (χ0) is 26.1. The monoisotopic (exact) mass is 528 g/mol. The Morgan fingerprint density at radius 3 is 1.63 bits per heavy atom. The molecular formula is C19H32N10O4S2. The maximum absolute atomic E-state index is 10.7. The molecule has 0 unspecified atom stereocenters. The lowest BCUT2D eigenvalue weighted by Gasteiger charge is -2.10. The summed E-state index contributed by atoms with van der Waals surface area (Å²) in [7, 11) is 0. The lowest BCUT2D eigenvalue weighted by Crippen LogP contribution is -2.19. The van der Waals surface area contributed by atoms with E-state index in [4.69, 9.17) is 15.9 Å². The lowest BCUT2D eigenvalue weighted by atomic mass is 10.5. The minimum atomic E-state index is -0.889. The molecule has 0 aromatic carbocycles. The molecule has 0 saturated carbocycles. The van der Waals surface area contributed by atoms with E-state index < -0.39 is 11.9 Å². The highest BCUT2D eigenvalue weighted by Crippen LogP contribution is 2.18. The predicted octanol–water partition coefficient (Wildman–Crippen LogP) is 1.42. The summed E-state index contributed by atoms with van der Waals surface area (Å²) in [5.74, 6) is 0.526.